The van der Waals surface area contributed by atoms with Crippen LogP contribution in [0, 0.1) is 0 Å². The predicted molar refractivity (Wildman–Crippen MR) is 78.2 cm³/mol. The van der Waals surface area contributed by atoms with Gasteiger partial charge in [-0.3, -0.25) is 14.6 Å². The Morgan fingerprint density at radius 2 is 1.84 bits per heavy atom. The van der Waals surface area contributed by atoms with Gasteiger partial charge in [-0.2, -0.15) is 0 Å². The first-order valence-electron chi connectivity index (χ1n) is 6.87. The number of nitrogens with two attached hydrogens (primary N) is 1. The Balaban J connectivity index is 1.96. The number of aromatic nitrogens is 1. The van der Waals surface area contributed by atoms with Crippen LogP contribution in [0.5, 0.6) is 0 Å². The van der Waals surface area contributed by atoms with Crippen molar-refractivity contribution in [3.05, 3.63) is 28.7 Å². The molecule has 2 N–H and O–H groups in total. The van der Waals surface area contributed by atoms with Crippen LogP contribution in [0.2, 0.25) is 0 Å². The lowest BCUT2D eigenvalue weighted by molar-refractivity contribution is 0.0580. The minimum atomic E-state index is 0.0180. The van der Waals surface area contributed by atoms with Crippen molar-refractivity contribution in [2.24, 2.45) is 0 Å². The summed E-state index contributed by atoms with van der Waals surface area (Å²) >= 11 is 0. The van der Waals surface area contributed by atoms with Crippen molar-refractivity contribution in [2.75, 3.05) is 32.4 Å². The van der Waals surface area contributed by atoms with Gasteiger partial charge in [0.2, 0.25) is 0 Å². The Labute approximate surface area is 114 Å². The highest BCUT2D eigenvalue weighted by Crippen LogP contribution is 2.12. The Kier molecular flexibility index (Phi) is 4.27. The molecule has 0 amide bonds. The predicted octanol–water partition coefficient (Wildman–Crippen LogP) is 0.455. The van der Waals surface area contributed by atoms with E-state index < -0.39 is 0 Å². The van der Waals surface area contributed by atoms with E-state index in [1.165, 1.54) is 6.07 Å². The smallest absolute Gasteiger partial charge is 0.250 e. The molecule has 1 aromatic rings. The first-order valence-corrected chi connectivity index (χ1v) is 6.87. The molecule has 0 radical (unpaired) electrons. The van der Waals surface area contributed by atoms with Crippen LogP contribution in [0.4, 0.5) is 5.69 Å². The van der Waals surface area contributed by atoms with Crippen LogP contribution in [0.1, 0.15) is 13.8 Å². The van der Waals surface area contributed by atoms with Gasteiger partial charge in [-0.15, -0.1) is 0 Å². The molecule has 2 atom stereocenters. The molecule has 2 unspecified atom stereocenters. The molecule has 2 heterocycles. The van der Waals surface area contributed by atoms with E-state index in [0.717, 1.165) is 19.6 Å². The molecular weight excluding hydrogens is 240 g/mol. The molecule has 1 aliphatic heterocycles. The van der Waals surface area contributed by atoms with Crippen molar-refractivity contribution in [1.29, 1.82) is 0 Å². The van der Waals surface area contributed by atoms with Gasteiger partial charge in [0.1, 0.15) is 0 Å². The van der Waals surface area contributed by atoms with Gasteiger partial charge in [-0.1, -0.05) is 0 Å². The lowest BCUT2D eigenvalue weighted by Crippen LogP contribution is -2.55. The van der Waals surface area contributed by atoms with Crippen LogP contribution in [0.3, 0.4) is 0 Å². The van der Waals surface area contributed by atoms with Crippen molar-refractivity contribution < 1.29 is 0 Å². The van der Waals surface area contributed by atoms with E-state index in [1.807, 2.05) is 0 Å². The van der Waals surface area contributed by atoms with Gasteiger partial charge in [-0.25, -0.2) is 0 Å². The highest BCUT2D eigenvalue weighted by molar-refractivity contribution is 5.33. The van der Waals surface area contributed by atoms with E-state index in [-0.39, 0.29) is 5.56 Å². The van der Waals surface area contributed by atoms with Crippen molar-refractivity contribution >= 4 is 5.69 Å². The van der Waals surface area contributed by atoms with E-state index in [1.54, 1.807) is 16.8 Å². The number of likely N-dealkylation sites (N-methyl/N-ethyl adjacent to an activating group) is 1. The Bertz CT molecular complexity index is 473. The third-order valence-electron chi connectivity index (χ3n) is 4.10. The zero-order chi connectivity index (χ0) is 14.0. The average molecular weight is 264 g/mol. The molecule has 0 bridgehead atoms. The number of hydrogen-bond acceptors (Lipinski definition) is 4. The van der Waals surface area contributed by atoms with Gasteiger partial charge in [0.05, 0.1) is 0 Å². The summed E-state index contributed by atoms with van der Waals surface area (Å²) in [5.74, 6) is 0. The lowest BCUT2D eigenvalue weighted by Gasteiger charge is -2.42. The summed E-state index contributed by atoms with van der Waals surface area (Å²) in [6.45, 7) is 8.19. The molecule has 0 aliphatic carbocycles. The van der Waals surface area contributed by atoms with E-state index in [2.05, 4.69) is 30.7 Å². The number of hydrogen-bond donors (Lipinski definition) is 1. The molecule has 1 saturated heterocycles. The van der Waals surface area contributed by atoms with Crippen LogP contribution in [0.15, 0.2) is 23.1 Å². The summed E-state index contributed by atoms with van der Waals surface area (Å²) in [6, 6.07) is 4.30. The topological polar surface area (TPSA) is 54.5 Å². The maximum atomic E-state index is 11.7. The lowest BCUT2D eigenvalue weighted by atomic mass is 10.1. The van der Waals surface area contributed by atoms with E-state index >= 15 is 0 Å². The average Bonchev–Trinajstić information content (AvgIpc) is 2.37. The van der Waals surface area contributed by atoms with Gasteiger partial charge in [-0.05, 0) is 27.0 Å². The Hall–Kier alpha value is -1.33. The van der Waals surface area contributed by atoms with Crippen molar-refractivity contribution in [3.8, 4) is 0 Å². The van der Waals surface area contributed by atoms with Crippen molar-refractivity contribution in [2.45, 2.75) is 32.5 Å². The maximum Gasteiger partial charge on any atom is 0.250 e. The summed E-state index contributed by atoms with van der Waals surface area (Å²) in [7, 11) is 2.18. The fourth-order valence-corrected chi connectivity index (χ4v) is 2.67. The van der Waals surface area contributed by atoms with Crippen LogP contribution >= 0.6 is 0 Å². The molecule has 0 aromatic carbocycles. The Morgan fingerprint density at radius 3 is 2.47 bits per heavy atom. The molecule has 106 valence electrons. The molecule has 5 heteroatoms. The number of piperazine rings is 1. The minimum Gasteiger partial charge on any atom is -0.398 e. The summed E-state index contributed by atoms with van der Waals surface area (Å²) in [5.41, 5.74) is 6.38. The normalized spacial score (nSPS) is 25.6. The van der Waals surface area contributed by atoms with Gasteiger partial charge in [0, 0.05) is 56.2 Å². The largest absolute Gasteiger partial charge is 0.398 e. The molecule has 1 fully saturated rings. The highest BCUT2D eigenvalue weighted by Gasteiger charge is 2.25. The van der Waals surface area contributed by atoms with E-state index in [9.17, 15) is 4.79 Å². The van der Waals surface area contributed by atoms with Gasteiger partial charge < -0.3 is 10.3 Å². The number of pyridine rings is 1. The fraction of sp³-hybridized carbons (Fsp3) is 0.643. The standard InChI is InChI=1S/C14H24N4O/c1-11-8-17(9-12(2)16(11)3)6-7-18-10-13(15)4-5-14(18)19/h4-5,10-12H,6-9,15H2,1-3H3. The third-order valence-corrected chi connectivity index (χ3v) is 4.10. The van der Waals surface area contributed by atoms with Gasteiger partial charge >= 0.3 is 0 Å². The third kappa shape index (κ3) is 3.36. The molecule has 1 aliphatic rings. The molecule has 5 nitrogen and oxygen atoms in total. The SMILES string of the molecule is CC1CN(CCn2cc(N)ccc2=O)CC(C)N1C. The van der Waals surface area contributed by atoms with Gasteiger partial charge in [0.25, 0.3) is 5.56 Å². The first kappa shape index (κ1) is 14.1. The number of rotatable bonds is 3. The van der Waals surface area contributed by atoms with E-state index in [4.69, 9.17) is 5.73 Å². The van der Waals surface area contributed by atoms with Crippen LogP contribution < -0.4 is 11.3 Å². The second-order valence-corrected chi connectivity index (χ2v) is 5.62. The Morgan fingerprint density at radius 1 is 1.21 bits per heavy atom. The zero-order valence-corrected chi connectivity index (χ0v) is 12.0. The van der Waals surface area contributed by atoms with Crippen LogP contribution in [0.25, 0.3) is 0 Å². The van der Waals surface area contributed by atoms with Crippen molar-refractivity contribution in [3.63, 3.8) is 0 Å². The van der Waals surface area contributed by atoms with E-state index in [0.29, 0.717) is 24.3 Å². The fourth-order valence-electron chi connectivity index (χ4n) is 2.67. The molecule has 19 heavy (non-hydrogen) atoms. The quantitative estimate of drug-likeness (QED) is 0.861. The minimum absolute atomic E-state index is 0.0180. The van der Waals surface area contributed by atoms with Crippen molar-refractivity contribution in [1.82, 2.24) is 14.4 Å². The molecule has 1 aromatic heterocycles. The summed E-state index contributed by atoms with van der Waals surface area (Å²) in [6.07, 6.45) is 1.73. The zero-order valence-electron chi connectivity index (χ0n) is 12.0. The summed E-state index contributed by atoms with van der Waals surface area (Å²) in [4.78, 5) is 16.5. The second-order valence-electron chi connectivity index (χ2n) is 5.62. The number of nitrogen functional groups attached to an aromatic ring is 1. The number of anilines is 1. The molecule has 2 rings (SSSR count). The van der Waals surface area contributed by atoms with Crippen LogP contribution in [-0.2, 0) is 6.54 Å². The number of nitrogens with zero attached hydrogens (tertiary/aromatic N) is 3. The van der Waals surface area contributed by atoms with Crippen LogP contribution in [-0.4, -0.2) is 53.1 Å². The maximum absolute atomic E-state index is 11.7. The summed E-state index contributed by atoms with van der Waals surface area (Å²) in [5, 5.41) is 0. The second kappa shape index (κ2) is 5.75. The highest BCUT2D eigenvalue weighted by atomic mass is 16.1. The molecular formula is C14H24N4O. The first-order chi connectivity index (χ1) is 8.97. The molecule has 0 spiro atoms. The van der Waals surface area contributed by atoms with Gasteiger partial charge in [0.15, 0.2) is 0 Å². The summed E-state index contributed by atoms with van der Waals surface area (Å²) < 4.78 is 1.70. The monoisotopic (exact) mass is 264 g/mol. The molecule has 0 saturated carbocycles.